The normalized spacial score (nSPS) is 18.2. The fourth-order valence-electron chi connectivity index (χ4n) is 2.85. The molecule has 1 aromatic carbocycles. The molecule has 17 heavy (non-hydrogen) atoms. The van der Waals surface area contributed by atoms with Crippen LogP contribution in [0.1, 0.15) is 37.7 Å². The highest BCUT2D eigenvalue weighted by molar-refractivity contribution is 6.31. The lowest BCUT2D eigenvalue weighted by atomic mass is 9.76. The summed E-state index contributed by atoms with van der Waals surface area (Å²) in [7, 11) is 0. The van der Waals surface area contributed by atoms with Crippen LogP contribution in [0.4, 0.5) is 4.39 Å². The minimum atomic E-state index is -0.356. The van der Waals surface area contributed by atoms with E-state index in [-0.39, 0.29) is 17.1 Å². The van der Waals surface area contributed by atoms with E-state index in [0.717, 1.165) is 31.2 Å². The molecule has 0 unspecified atom stereocenters. The van der Waals surface area contributed by atoms with Crippen molar-refractivity contribution in [1.29, 1.82) is 0 Å². The average Bonchev–Trinajstić information content (AvgIpc) is 2.65. The third-order valence-corrected chi connectivity index (χ3v) is 3.89. The van der Waals surface area contributed by atoms with Gasteiger partial charge in [-0.25, -0.2) is 4.39 Å². The van der Waals surface area contributed by atoms with Crippen LogP contribution in [-0.2, 0) is 10.2 Å². The van der Waals surface area contributed by atoms with Crippen molar-refractivity contribution < 1.29 is 9.18 Å². The number of primary amides is 1. The van der Waals surface area contributed by atoms with Crippen molar-refractivity contribution in [2.75, 3.05) is 0 Å². The molecular weight excluding hydrogens is 241 g/mol. The summed E-state index contributed by atoms with van der Waals surface area (Å²) in [5.41, 5.74) is 5.90. The number of rotatable bonds is 3. The molecule has 1 aromatic rings. The molecule has 0 atom stereocenters. The lowest BCUT2D eigenvalue weighted by Gasteiger charge is -2.29. The molecule has 1 saturated carbocycles. The zero-order valence-electron chi connectivity index (χ0n) is 9.51. The average molecular weight is 256 g/mol. The maximum Gasteiger partial charge on any atom is 0.218 e. The second-order valence-corrected chi connectivity index (χ2v) is 5.16. The minimum absolute atomic E-state index is 0.281. The van der Waals surface area contributed by atoms with Crippen LogP contribution in [0.5, 0.6) is 0 Å². The lowest BCUT2D eigenvalue weighted by Crippen LogP contribution is -2.29. The summed E-state index contributed by atoms with van der Waals surface area (Å²) in [6.07, 6.45) is 4.18. The number of benzene rings is 1. The summed E-state index contributed by atoms with van der Waals surface area (Å²) in [6, 6.07) is 4.38. The summed E-state index contributed by atoms with van der Waals surface area (Å²) in [4.78, 5) is 11.2. The van der Waals surface area contributed by atoms with Gasteiger partial charge in [0.05, 0.1) is 0 Å². The molecule has 2 N–H and O–H groups in total. The second kappa shape index (κ2) is 4.65. The van der Waals surface area contributed by atoms with Gasteiger partial charge >= 0.3 is 0 Å². The number of hydrogen-bond donors (Lipinski definition) is 1. The molecule has 0 saturated heterocycles. The topological polar surface area (TPSA) is 43.1 Å². The van der Waals surface area contributed by atoms with Gasteiger partial charge in [-0.15, -0.1) is 0 Å². The van der Waals surface area contributed by atoms with Gasteiger partial charge in [0.25, 0.3) is 0 Å². The molecule has 2 nitrogen and oxygen atoms in total. The summed E-state index contributed by atoms with van der Waals surface area (Å²) >= 11 is 6.09. The molecule has 1 amide bonds. The Bertz CT molecular complexity index is 441. The Labute approximate surface area is 105 Å². The monoisotopic (exact) mass is 255 g/mol. The largest absolute Gasteiger partial charge is 0.370 e. The van der Waals surface area contributed by atoms with Crippen molar-refractivity contribution in [3.05, 3.63) is 34.6 Å². The molecule has 1 aliphatic carbocycles. The predicted molar refractivity (Wildman–Crippen MR) is 65.4 cm³/mol. The van der Waals surface area contributed by atoms with E-state index in [1.165, 1.54) is 12.1 Å². The van der Waals surface area contributed by atoms with Crippen LogP contribution in [0, 0.1) is 5.82 Å². The number of hydrogen-bond acceptors (Lipinski definition) is 1. The van der Waals surface area contributed by atoms with E-state index >= 15 is 0 Å². The second-order valence-electron chi connectivity index (χ2n) is 4.75. The van der Waals surface area contributed by atoms with E-state index in [9.17, 15) is 9.18 Å². The Hall–Kier alpha value is -1.09. The van der Waals surface area contributed by atoms with Gasteiger partial charge in [-0.05, 0) is 30.5 Å². The molecule has 0 aliphatic heterocycles. The zero-order valence-corrected chi connectivity index (χ0v) is 10.3. The van der Waals surface area contributed by atoms with Crippen molar-refractivity contribution >= 4 is 17.5 Å². The van der Waals surface area contributed by atoms with Crippen LogP contribution in [0.25, 0.3) is 0 Å². The Morgan fingerprint density at radius 1 is 1.41 bits per heavy atom. The minimum Gasteiger partial charge on any atom is -0.370 e. The molecule has 0 bridgehead atoms. The zero-order chi connectivity index (χ0) is 12.5. The third kappa shape index (κ3) is 2.44. The van der Waals surface area contributed by atoms with Gasteiger partial charge in [-0.1, -0.05) is 30.5 Å². The van der Waals surface area contributed by atoms with Crippen LogP contribution >= 0.6 is 11.6 Å². The van der Waals surface area contributed by atoms with Gasteiger partial charge in [-0.3, -0.25) is 4.79 Å². The van der Waals surface area contributed by atoms with Gasteiger partial charge < -0.3 is 5.73 Å². The number of amides is 1. The van der Waals surface area contributed by atoms with Crippen molar-refractivity contribution in [2.45, 2.75) is 37.5 Å². The van der Waals surface area contributed by atoms with Crippen LogP contribution in [0.2, 0.25) is 5.02 Å². The number of nitrogens with two attached hydrogens (primary N) is 1. The molecule has 1 fully saturated rings. The quantitative estimate of drug-likeness (QED) is 0.886. The number of halogens is 2. The van der Waals surface area contributed by atoms with Crippen molar-refractivity contribution in [3.8, 4) is 0 Å². The predicted octanol–water partition coefficient (Wildman–Crippen LogP) is 3.17. The summed E-state index contributed by atoms with van der Waals surface area (Å²) in [6.45, 7) is 0. The van der Waals surface area contributed by atoms with Gasteiger partial charge in [0.1, 0.15) is 5.82 Å². The van der Waals surface area contributed by atoms with Crippen molar-refractivity contribution in [1.82, 2.24) is 0 Å². The van der Waals surface area contributed by atoms with E-state index in [1.807, 2.05) is 0 Å². The van der Waals surface area contributed by atoms with Crippen LogP contribution < -0.4 is 5.73 Å². The molecule has 92 valence electrons. The first-order valence-corrected chi connectivity index (χ1v) is 6.15. The number of carbonyl (C=O) groups excluding carboxylic acids is 1. The molecule has 2 rings (SSSR count). The fourth-order valence-corrected chi connectivity index (χ4v) is 3.21. The van der Waals surface area contributed by atoms with Gasteiger partial charge in [0.15, 0.2) is 0 Å². The van der Waals surface area contributed by atoms with Gasteiger partial charge in [0.2, 0.25) is 5.91 Å². The molecule has 1 aliphatic rings. The molecule has 0 aromatic heterocycles. The highest BCUT2D eigenvalue weighted by atomic mass is 35.5. The van der Waals surface area contributed by atoms with Crippen LogP contribution in [-0.4, -0.2) is 5.91 Å². The lowest BCUT2D eigenvalue weighted by molar-refractivity contribution is -0.119. The maximum absolute atomic E-state index is 13.0. The van der Waals surface area contributed by atoms with Crippen molar-refractivity contribution in [3.63, 3.8) is 0 Å². The summed E-state index contributed by atoms with van der Waals surface area (Å²) in [5.74, 6) is -0.682. The molecule has 4 heteroatoms. The van der Waals surface area contributed by atoms with E-state index in [2.05, 4.69) is 0 Å². The third-order valence-electron chi connectivity index (χ3n) is 3.58. The number of carbonyl (C=O) groups is 1. The van der Waals surface area contributed by atoms with Crippen molar-refractivity contribution in [2.24, 2.45) is 5.73 Å². The van der Waals surface area contributed by atoms with Crippen LogP contribution in [0.15, 0.2) is 18.2 Å². The molecular formula is C13H15ClFNO. The van der Waals surface area contributed by atoms with E-state index in [4.69, 9.17) is 17.3 Å². The van der Waals surface area contributed by atoms with E-state index in [0.29, 0.717) is 11.4 Å². The van der Waals surface area contributed by atoms with E-state index in [1.54, 1.807) is 6.07 Å². The van der Waals surface area contributed by atoms with Gasteiger partial charge in [0, 0.05) is 16.9 Å². The first-order valence-electron chi connectivity index (χ1n) is 5.77. The first-order chi connectivity index (χ1) is 8.03. The standard InChI is InChI=1S/C13H15ClFNO/c14-11-7-9(15)3-4-10(11)13(8-12(16)17)5-1-2-6-13/h3-4,7H,1-2,5-6,8H2,(H2,16,17). The smallest absolute Gasteiger partial charge is 0.218 e. The highest BCUT2D eigenvalue weighted by Crippen LogP contribution is 2.46. The maximum atomic E-state index is 13.0. The van der Waals surface area contributed by atoms with E-state index < -0.39 is 0 Å². The Balaban J connectivity index is 2.42. The Morgan fingerprint density at radius 3 is 2.59 bits per heavy atom. The van der Waals surface area contributed by atoms with Gasteiger partial charge in [-0.2, -0.15) is 0 Å². The Kier molecular flexibility index (Phi) is 3.38. The first kappa shape index (κ1) is 12.4. The molecule has 0 spiro atoms. The summed E-state index contributed by atoms with van der Waals surface area (Å²) < 4.78 is 13.0. The molecule has 0 radical (unpaired) electrons. The SMILES string of the molecule is NC(=O)CC1(c2ccc(F)cc2Cl)CCCC1. The van der Waals surface area contributed by atoms with Crippen LogP contribution in [0.3, 0.4) is 0 Å². The Morgan fingerprint density at radius 2 is 2.06 bits per heavy atom. The fraction of sp³-hybridized carbons (Fsp3) is 0.462. The molecule has 0 heterocycles. The highest BCUT2D eigenvalue weighted by Gasteiger charge is 2.38. The summed E-state index contributed by atoms with van der Waals surface area (Å²) in [5, 5.41) is 0.396.